The minimum atomic E-state index is -0.401. The van der Waals surface area contributed by atoms with Gasteiger partial charge in [0.2, 0.25) is 0 Å². The monoisotopic (exact) mass is 299 g/mol. The van der Waals surface area contributed by atoms with Crippen molar-refractivity contribution in [1.29, 1.82) is 0 Å². The summed E-state index contributed by atoms with van der Waals surface area (Å²) in [6.07, 6.45) is 1.76. The molecule has 106 valence electrons. The van der Waals surface area contributed by atoms with E-state index < -0.39 is 5.97 Å². The molecule has 2 heterocycles. The highest BCUT2D eigenvalue weighted by molar-refractivity contribution is 7.14. The zero-order valence-corrected chi connectivity index (χ0v) is 12.2. The average Bonchev–Trinajstić information content (AvgIpc) is 2.97. The van der Waals surface area contributed by atoms with Crippen LogP contribution >= 0.6 is 11.3 Å². The van der Waals surface area contributed by atoms with Crippen LogP contribution in [0.3, 0.4) is 0 Å². The van der Waals surface area contributed by atoms with Crippen molar-refractivity contribution in [3.63, 3.8) is 0 Å². The molecule has 0 bridgehead atoms. The molecule has 0 amide bonds. The summed E-state index contributed by atoms with van der Waals surface area (Å²) < 4.78 is 4.93. The molecule has 0 unspecified atom stereocenters. The molecule has 0 spiro atoms. The van der Waals surface area contributed by atoms with E-state index in [1.807, 2.05) is 30.3 Å². The predicted molar refractivity (Wildman–Crippen MR) is 83.1 cm³/mol. The Morgan fingerprint density at radius 1 is 1.33 bits per heavy atom. The number of anilines is 2. The van der Waals surface area contributed by atoms with Crippen LogP contribution in [0, 0.1) is 0 Å². The summed E-state index contributed by atoms with van der Waals surface area (Å²) in [7, 11) is 0. The Balaban J connectivity index is 1.87. The smallest absolute Gasteiger partial charge is 0.357 e. The van der Waals surface area contributed by atoms with Gasteiger partial charge >= 0.3 is 5.97 Å². The van der Waals surface area contributed by atoms with Gasteiger partial charge in [-0.25, -0.2) is 9.78 Å². The summed E-state index contributed by atoms with van der Waals surface area (Å²) in [6.45, 7) is 2.11. The third kappa shape index (κ3) is 2.85. The first-order valence-corrected chi connectivity index (χ1v) is 7.39. The lowest BCUT2D eigenvalue weighted by molar-refractivity contribution is 0.0520. The Kier molecular flexibility index (Phi) is 3.79. The van der Waals surface area contributed by atoms with E-state index in [0.717, 1.165) is 16.6 Å². The highest BCUT2D eigenvalue weighted by Gasteiger charge is 2.12. The molecule has 2 aromatic heterocycles. The van der Waals surface area contributed by atoms with Crippen molar-refractivity contribution in [3.8, 4) is 0 Å². The van der Waals surface area contributed by atoms with Crippen molar-refractivity contribution in [2.24, 2.45) is 0 Å². The van der Waals surface area contributed by atoms with E-state index in [9.17, 15) is 4.79 Å². The van der Waals surface area contributed by atoms with Crippen molar-refractivity contribution in [2.75, 3.05) is 11.9 Å². The van der Waals surface area contributed by atoms with Gasteiger partial charge in [-0.2, -0.15) is 0 Å². The van der Waals surface area contributed by atoms with Gasteiger partial charge in [0.15, 0.2) is 10.8 Å². The first kappa shape index (κ1) is 13.5. The number of nitrogens with zero attached hydrogens (tertiary/aromatic N) is 2. The molecule has 0 saturated carbocycles. The van der Waals surface area contributed by atoms with E-state index in [2.05, 4.69) is 15.3 Å². The van der Waals surface area contributed by atoms with Gasteiger partial charge in [0, 0.05) is 22.7 Å². The van der Waals surface area contributed by atoms with Crippen LogP contribution in [0.15, 0.2) is 41.9 Å². The zero-order chi connectivity index (χ0) is 14.7. The summed E-state index contributed by atoms with van der Waals surface area (Å²) in [6, 6.07) is 9.71. The minimum absolute atomic E-state index is 0.322. The number of ether oxygens (including phenoxy) is 1. The van der Waals surface area contributed by atoms with E-state index in [1.165, 1.54) is 11.3 Å². The summed E-state index contributed by atoms with van der Waals surface area (Å²) in [5.41, 5.74) is 2.14. The Bertz CT molecular complexity index is 780. The molecule has 0 aliphatic carbocycles. The number of thiazole rings is 1. The molecular weight excluding hydrogens is 286 g/mol. The molecule has 0 atom stereocenters. The van der Waals surface area contributed by atoms with Crippen LogP contribution < -0.4 is 5.32 Å². The van der Waals surface area contributed by atoms with Crippen LogP contribution in [-0.4, -0.2) is 22.5 Å². The first-order valence-electron chi connectivity index (χ1n) is 6.51. The van der Waals surface area contributed by atoms with Crippen LogP contribution in [0.5, 0.6) is 0 Å². The molecule has 1 N–H and O–H groups in total. The second-order valence-electron chi connectivity index (χ2n) is 4.26. The van der Waals surface area contributed by atoms with Crippen molar-refractivity contribution in [2.45, 2.75) is 6.92 Å². The maximum absolute atomic E-state index is 11.6. The molecule has 0 radical (unpaired) electrons. The number of carbonyl (C=O) groups excluding carboxylic acids is 1. The number of pyridine rings is 1. The van der Waals surface area contributed by atoms with E-state index in [0.29, 0.717) is 17.4 Å². The number of benzene rings is 1. The number of rotatable bonds is 4. The third-order valence-electron chi connectivity index (χ3n) is 2.88. The third-order valence-corrected chi connectivity index (χ3v) is 3.63. The molecule has 3 rings (SSSR count). The number of esters is 1. The van der Waals surface area contributed by atoms with E-state index >= 15 is 0 Å². The summed E-state index contributed by atoms with van der Waals surface area (Å²) >= 11 is 1.36. The number of carbonyl (C=O) groups is 1. The van der Waals surface area contributed by atoms with E-state index in [1.54, 1.807) is 18.5 Å². The molecule has 0 fully saturated rings. The lowest BCUT2D eigenvalue weighted by Crippen LogP contribution is -2.05. The predicted octanol–water partition coefficient (Wildman–Crippen LogP) is 3.61. The van der Waals surface area contributed by atoms with Crippen LogP contribution in [0.2, 0.25) is 0 Å². The summed E-state index contributed by atoms with van der Waals surface area (Å²) in [5, 5.41) is 6.56. The fourth-order valence-electron chi connectivity index (χ4n) is 1.96. The fourth-order valence-corrected chi connectivity index (χ4v) is 2.65. The first-order chi connectivity index (χ1) is 10.3. The second-order valence-corrected chi connectivity index (χ2v) is 5.12. The van der Waals surface area contributed by atoms with Gasteiger partial charge in [0.25, 0.3) is 0 Å². The highest BCUT2D eigenvalue weighted by Crippen LogP contribution is 2.27. The number of fused-ring (bicyclic) bond motifs is 1. The Hall–Kier alpha value is -2.47. The van der Waals surface area contributed by atoms with Crippen LogP contribution in [0.1, 0.15) is 17.4 Å². The minimum Gasteiger partial charge on any atom is -0.461 e. The lowest BCUT2D eigenvalue weighted by atomic mass is 10.2. The molecule has 21 heavy (non-hydrogen) atoms. The normalized spacial score (nSPS) is 10.5. The van der Waals surface area contributed by atoms with Crippen molar-refractivity contribution >= 4 is 39.0 Å². The van der Waals surface area contributed by atoms with E-state index in [-0.39, 0.29) is 0 Å². The van der Waals surface area contributed by atoms with Gasteiger partial charge in [-0.1, -0.05) is 6.07 Å². The quantitative estimate of drug-likeness (QED) is 0.746. The molecule has 6 heteroatoms. The molecule has 3 aromatic rings. The zero-order valence-electron chi connectivity index (χ0n) is 11.4. The molecule has 0 aliphatic heterocycles. The molecular formula is C15H13N3O2S. The van der Waals surface area contributed by atoms with Gasteiger partial charge in [0.1, 0.15) is 0 Å². The average molecular weight is 299 g/mol. The fraction of sp³-hybridized carbons (Fsp3) is 0.133. The van der Waals surface area contributed by atoms with E-state index in [4.69, 9.17) is 4.74 Å². The highest BCUT2D eigenvalue weighted by atomic mass is 32.1. The maximum Gasteiger partial charge on any atom is 0.357 e. The standard InChI is InChI=1S/C15H13N3O2S/c1-2-20-14(19)13-9-21-15(18-13)17-12-7-3-6-11-10(12)5-4-8-16-11/h3-9H,2H2,1H3,(H,17,18). The van der Waals surface area contributed by atoms with Gasteiger partial charge < -0.3 is 10.1 Å². The van der Waals surface area contributed by atoms with Gasteiger partial charge in [-0.05, 0) is 31.2 Å². The lowest BCUT2D eigenvalue weighted by Gasteiger charge is -2.06. The number of nitrogens with one attached hydrogen (secondary N) is 1. The topological polar surface area (TPSA) is 64.1 Å². The number of hydrogen-bond acceptors (Lipinski definition) is 6. The Morgan fingerprint density at radius 3 is 3.10 bits per heavy atom. The van der Waals surface area contributed by atoms with Crippen LogP contribution in [0.4, 0.5) is 10.8 Å². The van der Waals surface area contributed by atoms with Crippen molar-refractivity contribution < 1.29 is 9.53 Å². The summed E-state index contributed by atoms with van der Waals surface area (Å²) in [5.74, 6) is -0.401. The van der Waals surface area contributed by atoms with Crippen molar-refractivity contribution in [3.05, 3.63) is 47.6 Å². The maximum atomic E-state index is 11.6. The molecule has 5 nitrogen and oxygen atoms in total. The number of aromatic nitrogens is 2. The largest absolute Gasteiger partial charge is 0.461 e. The molecule has 0 aliphatic rings. The van der Waals surface area contributed by atoms with Crippen LogP contribution in [-0.2, 0) is 4.74 Å². The van der Waals surface area contributed by atoms with Gasteiger partial charge in [-0.3, -0.25) is 4.98 Å². The van der Waals surface area contributed by atoms with Gasteiger partial charge in [-0.15, -0.1) is 11.3 Å². The Labute approximate surface area is 125 Å². The second kappa shape index (κ2) is 5.88. The Morgan fingerprint density at radius 2 is 2.24 bits per heavy atom. The number of hydrogen-bond donors (Lipinski definition) is 1. The van der Waals surface area contributed by atoms with Gasteiger partial charge in [0.05, 0.1) is 12.1 Å². The SMILES string of the molecule is CCOC(=O)c1csc(Nc2cccc3ncccc23)n1. The van der Waals surface area contributed by atoms with Crippen molar-refractivity contribution in [1.82, 2.24) is 9.97 Å². The molecule has 0 saturated heterocycles. The summed E-state index contributed by atoms with van der Waals surface area (Å²) in [4.78, 5) is 20.2. The molecule has 1 aromatic carbocycles. The van der Waals surface area contributed by atoms with Crippen LogP contribution in [0.25, 0.3) is 10.9 Å².